The van der Waals surface area contributed by atoms with E-state index in [1.807, 2.05) is 26.2 Å². The molecule has 0 aliphatic rings. The summed E-state index contributed by atoms with van der Waals surface area (Å²) >= 11 is 0. The standard InChI is InChI=1S/C16H17N5O2S/c1-11-8-17-16(19-13-9-18-21(2)10-13)20-15(11)12-5-4-6-14(7-12)24(3,22)23/h4-10H,1-3H3,(H,17,19,20). The van der Waals surface area contributed by atoms with Gasteiger partial charge in [0.25, 0.3) is 0 Å². The molecular weight excluding hydrogens is 326 g/mol. The average Bonchev–Trinajstić information content (AvgIpc) is 2.93. The molecule has 0 unspecified atom stereocenters. The van der Waals surface area contributed by atoms with Crippen molar-refractivity contribution in [2.75, 3.05) is 11.6 Å². The highest BCUT2D eigenvalue weighted by atomic mass is 32.2. The largest absolute Gasteiger partial charge is 0.321 e. The SMILES string of the molecule is Cc1cnc(Nc2cnn(C)c2)nc1-c1cccc(S(C)(=O)=O)c1. The zero-order chi connectivity index (χ0) is 17.3. The maximum atomic E-state index is 11.8. The van der Waals surface area contributed by atoms with Crippen molar-refractivity contribution in [3.05, 3.63) is 48.4 Å². The Kier molecular flexibility index (Phi) is 4.06. The maximum absolute atomic E-state index is 11.8. The number of rotatable bonds is 4. The Morgan fingerprint density at radius 1 is 1.21 bits per heavy atom. The molecule has 1 N–H and O–H groups in total. The van der Waals surface area contributed by atoms with Gasteiger partial charge in [-0.25, -0.2) is 18.4 Å². The van der Waals surface area contributed by atoms with Crippen LogP contribution in [0.4, 0.5) is 11.6 Å². The molecule has 7 nitrogen and oxygen atoms in total. The third-order valence-corrected chi connectivity index (χ3v) is 4.58. The molecule has 3 aromatic rings. The van der Waals surface area contributed by atoms with E-state index < -0.39 is 9.84 Å². The Morgan fingerprint density at radius 3 is 2.67 bits per heavy atom. The van der Waals surface area contributed by atoms with Crippen LogP contribution in [0.5, 0.6) is 0 Å². The predicted molar refractivity (Wildman–Crippen MR) is 91.8 cm³/mol. The van der Waals surface area contributed by atoms with E-state index in [0.29, 0.717) is 11.6 Å². The summed E-state index contributed by atoms with van der Waals surface area (Å²) in [6.45, 7) is 1.89. The van der Waals surface area contributed by atoms with Gasteiger partial charge in [-0.1, -0.05) is 12.1 Å². The van der Waals surface area contributed by atoms with E-state index in [0.717, 1.165) is 16.8 Å². The maximum Gasteiger partial charge on any atom is 0.227 e. The molecule has 0 amide bonds. The van der Waals surface area contributed by atoms with Crippen molar-refractivity contribution in [3.63, 3.8) is 0 Å². The Hall–Kier alpha value is -2.74. The number of sulfone groups is 1. The average molecular weight is 343 g/mol. The van der Waals surface area contributed by atoms with Crippen LogP contribution in [0.2, 0.25) is 0 Å². The van der Waals surface area contributed by atoms with E-state index in [9.17, 15) is 8.42 Å². The quantitative estimate of drug-likeness (QED) is 0.782. The minimum atomic E-state index is -3.27. The predicted octanol–water partition coefficient (Wildman–Crippen LogP) is 2.33. The molecule has 3 rings (SSSR count). The van der Waals surface area contributed by atoms with Gasteiger partial charge in [0.1, 0.15) is 0 Å². The van der Waals surface area contributed by atoms with Crippen molar-refractivity contribution in [1.29, 1.82) is 0 Å². The molecule has 0 aliphatic carbocycles. The third-order valence-electron chi connectivity index (χ3n) is 3.47. The van der Waals surface area contributed by atoms with Crippen LogP contribution in [0, 0.1) is 6.92 Å². The fourth-order valence-electron chi connectivity index (χ4n) is 2.28. The molecule has 2 aromatic heterocycles. The van der Waals surface area contributed by atoms with Crippen LogP contribution >= 0.6 is 0 Å². The van der Waals surface area contributed by atoms with Crippen LogP contribution in [0.15, 0.2) is 47.8 Å². The number of hydrogen-bond donors (Lipinski definition) is 1. The molecule has 8 heteroatoms. The second-order valence-electron chi connectivity index (χ2n) is 5.55. The molecule has 1 aromatic carbocycles. The lowest BCUT2D eigenvalue weighted by atomic mass is 10.1. The van der Waals surface area contributed by atoms with Gasteiger partial charge >= 0.3 is 0 Å². The van der Waals surface area contributed by atoms with Gasteiger partial charge in [0.15, 0.2) is 9.84 Å². The van der Waals surface area contributed by atoms with Crippen LogP contribution in [0.25, 0.3) is 11.3 Å². The molecule has 0 radical (unpaired) electrons. The summed E-state index contributed by atoms with van der Waals surface area (Å²) in [6, 6.07) is 6.74. The lowest BCUT2D eigenvalue weighted by Crippen LogP contribution is -2.01. The first kappa shape index (κ1) is 16.1. The lowest BCUT2D eigenvalue weighted by molar-refractivity contribution is 0.602. The van der Waals surface area contributed by atoms with Crippen LogP contribution in [0.1, 0.15) is 5.56 Å². The van der Waals surface area contributed by atoms with Crippen LogP contribution < -0.4 is 5.32 Å². The number of hydrogen-bond acceptors (Lipinski definition) is 6. The summed E-state index contributed by atoms with van der Waals surface area (Å²) < 4.78 is 25.2. The number of nitrogens with zero attached hydrogens (tertiary/aromatic N) is 4. The molecule has 0 atom stereocenters. The second-order valence-corrected chi connectivity index (χ2v) is 7.57. The second kappa shape index (κ2) is 6.04. The highest BCUT2D eigenvalue weighted by Gasteiger charge is 2.12. The molecule has 24 heavy (non-hydrogen) atoms. The monoisotopic (exact) mass is 343 g/mol. The van der Waals surface area contributed by atoms with Gasteiger partial charge in [0.05, 0.1) is 22.5 Å². The van der Waals surface area contributed by atoms with Crippen LogP contribution in [-0.2, 0) is 16.9 Å². The van der Waals surface area contributed by atoms with E-state index in [4.69, 9.17) is 0 Å². The van der Waals surface area contributed by atoms with Gasteiger partial charge in [0.2, 0.25) is 5.95 Å². The number of nitrogens with one attached hydrogen (secondary N) is 1. The molecule has 124 valence electrons. The van der Waals surface area contributed by atoms with Crippen molar-refractivity contribution in [2.24, 2.45) is 7.05 Å². The first-order valence-corrected chi connectivity index (χ1v) is 9.12. The van der Waals surface area contributed by atoms with E-state index in [2.05, 4.69) is 20.4 Å². The first-order valence-electron chi connectivity index (χ1n) is 7.23. The smallest absolute Gasteiger partial charge is 0.227 e. The van der Waals surface area contributed by atoms with E-state index >= 15 is 0 Å². The number of aromatic nitrogens is 4. The van der Waals surface area contributed by atoms with E-state index in [-0.39, 0.29) is 4.90 Å². The zero-order valence-corrected chi connectivity index (χ0v) is 14.4. The van der Waals surface area contributed by atoms with Gasteiger partial charge in [-0.3, -0.25) is 4.68 Å². The third kappa shape index (κ3) is 3.43. The van der Waals surface area contributed by atoms with Crippen molar-refractivity contribution in [3.8, 4) is 11.3 Å². The molecule has 0 fully saturated rings. The number of aryl methyl sites for hydroxylation is 2. The molecule has 0 saturated carbocycles. The number of benzene rings is 1. The molecule has 0 bridgehead atoms. The Bertz CT molecular complexity index is 995. The molecule has 0 spiro atoms. The minimum absolute atomic E-state index is 0.264. The van der Waals surface area contributed by atoms with Gasteiger partial charge in [-0.05, 0) is 24.6 Å². The Morgan fingerprint density at radius 2 is 2.00 bits per heavy atom. The summed E-state index contributed by atoms with van der Waals surface area (Å²) in [5, 5.41) is 7.16. The summed E-state index contributed by atoms with van der Waals surface area (Å²) in [5.41, 5.74) is 3.04. The Labute approximate surface area is 140 Å². The zero-order valence-electron chi connectivity index (χ0n) is 13.6. The van der Waals surface area contributed by atoms with Crippen LogP contribution in [-0.4, -0.2) is 34.4 Å². The normalized spacial score (nSPS) is 11.5. The van der Waals surface area contributed by atoms with Gasteiger partial charge in [-0.2, -0.15) is 5.10 Å². The summed E-state index contributed by atoms with van der Waals surface area (Å²) in [6.07, 6.45) is 6.38. The van der Waals surface area contributed by atoms with E-state index in [1.54, 1.807) is 35.3 Å². The van der Waals surface area contributed by atoms with Gasteiger partial charge in [-0.15, -0.1) is 0 Å². The lowest BCUT2D eigenvalue weighted by Gasteiger charge is -2.09. The minimum Gasteiger partial charge on any atom is -0.321 e. The van der Waals surface area contributed by atoms with Crippen molar-refractivity contribution >= 4 is 21.5 Å². The molecule has 0 saturated heterocycles. The van der Waals surface area contributed by atoms with Crippen molar-refractivity contribution in [2.45, 2.75) is 11.8 Å². The van der Waals surface area contributed by atoms with Crippen molar-refractivity contribution < 1.29 is 8.42 Å². The highest BCUT2D eigenvalue weighted by molar-refractivity contribution is 7.90. The summed E-state index contributed by atoms with van der Waals surface area (Å²) in [7, 11) is -1.45. The summed E-state index contributed by atoms with van der Waals surface area (Å²) in [5.74, 6) is 0.424. The van der Waals surface area contributed by atoms with Gasteiger partial charge < -0.3 is 5.32 Å². The first-order chi connectivity index (χ1) is 11.3. The molecule has 0 aliphatic heterocycles. The highest BCUT2D eigenvalue weighted by Crippen LogP contribution is 2.25. The van der Waals surface area contributed by atoms with Gasteiger partial charge in [0, 0.05) is 31.3 Å². The Balaban J connectivity index is 2.00. The molecule has 2 heterocycles. The van der Waals surface area contributed by atoms with Crippen LogP contribution in [0.3, 0.4) is 0 Å². The fourth-order valence-corrected chi connectivity index (χ4v) is 2.95. The summed E-state index contributed by atoms with van der Waals surface area (Å²) in [4.78, 5) is 9.04. The van der Waals surface area contributed by atoms with Crippen molar-refractivity contribution in [1.82, 2.24) is 19.7 Å². The fraction of sp³-hybridized carbons (Fsp3) is 0.188. The topological polar surface area (TPSA) is 89.8 Å². The van der Waals surface area contributed by atoms with E-state index in [1.165, 1.54) is 6.26 Å². The number of anilines is 2. The molecular formula is C16H17N5O2S.